The van der Waals surface area contributed by atoms with Crippen molar-refractivity contribution in [1.82, 2.24) is 0 Å². The lowest BCUT2D eigenvalue weighted by Gasteiger charge is -2.12. The molecule has 0 saturated heterocycles. The van der Waals surface area contributed by atoms with Crippen molar-refractivity contribution >= 4 is 39.1 Å². The van der Waals surface area contributed by atoms with Crippen LogP contribution in [0, 0.1) is 0 Å². The molecule has 0 aliphatic heterocycles. The van der Waals surface area contributed by atoms with E-state index in [1.165, 1.54) is 6.07 Å². The van der Waals surface area contributed by atoms with Crippen LogP contribution in [-0.2, 0) is 11.5 Å². The molecule has 0 N–H and O–H groups in total. The van der Waals surface area contributed by atoms with Crippen LogP contribution in [0.25, 0.3) is 11.1 Å². The molecule has 20 heavy (non-hydrogen) atoms. The smallest absolute Gasteiger partial charge is 0.166 e. The predicted octanol–water partition coefficient (Wildman–Crippen LogP) is 6.57. The summed E-state index contributed by atoms with van der Waals surface area (Å²) in [7, 11) is 0. The Morgan fingerprint density at radius 2 is 1.40 bits per heavy atom. The van der Waals surface area contributed by atoms with Crippen molar-refractivity contribution in [2.45, 2.75) is 11.5 Å². The Morgan fingerprint density at radius 1 is 0.850 bits per heavy atom. The van der Waals surface area contributed by atoms with Crippen LogP contribution in [0.4, 0.5) is 13.2 Å². The minimum atomic E-state index is -4.39. The van der Waals surface area contributed by atoms with Gasteiger partial charge in [-0.05, 0) is 47.0 Å². The summed E-state index contributed by atoms with van der Waals surface area (Å²) in [5.41, 5.74) is 0.820. The summed E-state index contributed by atoms with van der Waals surface area (Å²) in [6.07, 6.45) is -4.39. The maximum Gasteiger partial charge on any atom is 0.416 e. The van der Waals surface area contributed by atoms with Gasteiger partial charge in [-0.2, -0.15) is 13.2 Å². The highest BCUT2D eigenvalue weighted by molar-refractivity contribution is 9.08. The highest BCUT2D eigenvalue weighted by Gasteiger charge is 2.31. The van der Waals surface area contributed by atoms with E-state index < -0.39 is 11.7 Å². The molecule has 2 aromatic rings. The van der Waals surface area contributed by atoms with E-state index in [-0.39, 0.29) is 0 Å². The monoisotopic (exact) mass is 382 g/mol. The molecule has 0 aliphatic carbocycles. The lowest BCUT2D eigenvalue weighted by molar-refractivity contribution is -0.137. The number of hydrogen-bond acceptors (Lipinski definition) is 0. The minimum absolute atomic E-state index is 0.332. The summed E-state index contributed by atoms with van der Waals surface area (Å²) in [6, 6.07) is 8.58. The zero-order valence-corrected chi connectivity index (χ0v) is 13.0. The van der Waals surface area contributed by atoms with Gasteiger partial charge in [0.25, 0.3) is 0 Å². The number of rotatable bonds is 2. The first kappa shape index (κ1) is 15.7. The molecule has 0 fully saturated rings. The van der Waals surface area contributed by atoms with E-state index in [1.807, 2.05) is 0 Å². The molecule has 0 nitrogen and oxygen atoms in total. The van der Waals surface area contributed by atoms with Gasteiger partial charge in [-0.3, -0.25) is 0 Å². The van der Waals surface area contributed by atoms with Crippen molar-refractivity contribution in [1.29, 1.82) is 0 Å². The van der Waals surface area contributed by atoms with Crippen molar-refractivity contribution in [2.24, 2.45) is 0 Å². The molecule has 0 heterocycles. The van der Waals surface area contributed by atoms with Crippen molar-refractivity contribution in [3.63, 3.8) is 0 Å². The second-order valence-electron chi connectivity index (χ2n) is 4.21. The maximum absolute atomic E-state index is 12.9. The lowest BCUT2D eigenvalue weighted by Crippen LogP contribution is -2.05. The number of halogens is 6. The van der Waals surface area contributed by atoms with E-state index in [0.717, 1.165) is 12.1 Å². The van der Waals surface area contributed by atoms with Gasteiger partial charge < -0.3 is 0 Å². The van der Waals surface area contributed by atoms with Crippen LogP contribution in [0.1, 0.15) is 11.1 Å². The molecule has 0 aliphatic rings. The van der Waals surface area contributed by atoms with E-state index >= 15 is 0 Å². The predicted molar refractivity (Wildman–Crippen MR) is 79.5 cm³/mol. The molecule has 0 aromatic heterocycles. The first-order valence-corrected chi connectivity index (χ1v) is 7.41. The number of alkyl halides is 4. The standard InChI is InChI=1S/C14H8BrCl2F3/c15-7-8-1-9(3-11(2-8)14(18,19)20)10-4-12(16)6-13(17)5-10/h1-6H,7H2. The second kappa shape index (κ2) is 5.96. The first-order valence-electron chi connectivity index (χ1n) is 5.53. The summed E-state index contributed by atoms with van der Waals surface area (Å²) in [6.45, 7) is 0. The van der Waals surface area contributed by atoms with Gasteiger partial charge >= 0.3 is 6.18 Å². The summed E-state index contributed by atoms with van der Waals surface area (Å²) >= 11 is 14.9. The molecular weight excluding hydrogens is 376 g/mol. The van der Waals surface area contributed by atoms with Crippen LogP contribution in [-0.4, -0.2) is 0 Å². The number of benzene rings is 2. The highest BCUT2D eigenvalue weighted by Crippen LogP contribution is 2.35. The Labute approximate surface area is 132 Å². The van der Waals surface area contributed by atoms with E-state index in [0.29, 0.717) is 32.1 Å². The summed E-state index contributed by atoms with van der Waals surface area (Å²) in [4.78, 5) is 0. The fourth-order valence-electron chi connectivity index (χ4n) is 1.82. The summed E-state index contributed by atoms with van der Waals surface area (Å²) in [5.74, 6) is 0. The maximum atomic E-state index is 12.9. The molecule has 0 amide bonds. The zero-order chi connectivity index (χ0) is 14.9. The first-order chi connectivity index (χ1) is 9.29. The van der Waals surface area contributed by atoms with Crippen molar-refractivity contribution in [3.05, 3.63) is 57.6 Å². The van der Waals surface area contributed by atoms with Gasteiger partial charge in [0.1, 0.15) is 0 Å². The zero-order valence-electron chi connectivity index (χ0n) is 9.94. The Hall–Kier alpha value is -0.710. The quantitative estimate of drug-likeness (QED) is 0.514. The second-order valence-corrected chi connectivity index (χ2v) is 5.64. The van der Waals surface area contributed by atoms with Crippen LogP contribution >= 0.6 is 39.1 Å². The largest absolute Gasteiger partial charge is 0.416 e. The normalized spacial score (nSPS) is 11.7. The van der Waals surface area contributed by atoms with Crippen LogP contribution < -0.4 is 0 Å². The molecule has 2 aromatic carbocycles. The molecule has 0 atom stereocenters. The fourth-order valence-corrected chi connectivity index (χ4v) is 2.67. The third-order valence-electron chi connectivity index (χ3n) is 2.67. The Balaban J connectivity index is 2.61. The highest BCUT2D eigenvalue weighted by atomic mass is 79.9. The fraction of sp³-hybridized carbons (Fsp3) is 0.143. The molecule has 2 rings (SSSR count). The van der Waals surface area contributed by atoms with Gasteiger partial charge in [-0.15, -0.1) is 0 Å². The molecular formula is C14H8BrCl2F3. The van der Waals surface area contributed by atoms with Crippen LogP contribution in [0.3, 0.4) is 0 Å². The van der Waals surface area contributed by atoms with E-state index in [1.54, 1.807) is 18.2 Å². The van der Waals surface area contributed by atoms with E-state index in [2.05, 4.69) is 15.9 Å². The lowest BCUT2D eigenvalue weighted by atomic mass is 10.00. The van der Waals surface area contributed by atoms with Crippen molar-refractivity contribution < 1.29 is 13.2 Å². The topological polar surface area (TPSA) is 0 Å². The average Bonchev–Trinajstić information content (AvgIpc) is 2.36. The molecule has 0 spiro atoms. The van der Waals surface area contributed by atoms with E-state index in [4.69, 9.17) is 23.2 Å². The van der Waals surface area contributed by atoms with Gasteiger partial charge in [0.05, 0.1) is 5.56 Å². The van der Waals surface area contributed by atoms with Gasteiger partial charge in [0.15, 0.2) is 0 Å². The SMILES string of the molecule is FC(F)(F)c1cc(CBr)cc(-c2cc(Cl)cc(Cl)c2)c1. The van der Waals surface area contributed by atoms with Gasteiger partial charge in [0, 0.05) is 15.4 Å². The summed E-state index contributed by atoms with van der Waals surface area (Å²) in [5, 5.41) is 1.09. The van der Waals surface area contributed by atoms with Gasteiger partial charge in [0.2, 0.25) is 0 Å². The minimum Gasteiger partial charge on any atom is -0.166 e. The Morgan fingerprint density at radius 3 is 1.90 bits per heavy atom. The average molecular weight is 384 g/mol. The third-order valence-corrected chi connectivity index (χ3v) is 3.75. The van der Waals surface area contributed by atoms with Crippen LogP contribution in [0.5, 0.6) is 0 Å². The van der Waals surface area contributed by atoms with E-state index in [9.17, 15) is 13.2 Å². The van der Waals surface area contributed by atoms with Gasteiger partial charge in [-0.1, -0.05) is 45.2 Å². The Bertz CT molecular complexity index is 619. The number of hydrogen-bond donors (Lipinski definition) is 0. The van der Waals surface area contributed by atoms with Crippen molar-refractivity contribution in [2.75, 3.05) is 0 Å². The van der Waals surface area contributed by atoms with Crippen molar-refractivity contribution in [3.8, 4) is 11.1 Å². The molecule has 0 bridgehead atoms. The molecule has 0 radical (unpaired) electrons. The third kappa shape index (κ3) is 3.68. The van der Waals surface area contributed by atoms with Crippen LogP contribution in [0.15, 0.2) is 36.4 Å². The molecule has 0 saturated carbocycles. The molecule has 106 valence electrons. The summed E-state index contributed by atoms with van der Waals surface area (Å²) < 4.78 is 38.7. The Kier molecular flexibility index (Phi) is 4.67. The van der Waals surface area contributed by atoms with Crippen LogP contribution in [0.2, 0.25) is 10.0 Å². The molecule has 0 unspecified atom stereocenters. The molecule has 6 heteroatoms. The van der Waals surface area contributed by atoms with Gasteiger partial charge in [-0.25, -0.2) is 0 Å².